The lowest BCUT2D eigenvalue weighted by molar-refractivity contribution is -0.173. The molecule has 5 unspecified atom stereocenters. The zero-order chi connectivity index (χ0) is 24.9. The predicted molar refractivity (Wildman–Crippen MR) is 147 cm³/mol. The van der Waals surface area contributed by atoms with Crippen molar-refractivity contribution in [2.75, 3.05) is 6.61 Å². The standard InChI is InChI=1S/C32H36O3Si/c1-21-14-28(36(26-10-6-4-7-11-26)27-12-8-5-9-13-27)15-22(2)31(21)34-20-30(33)35-32(3)25-17-23-16-24(19-25)29(32)18-23/h4-15,23-25,29,36H,16-20H2,1-3H3. The molecule has 3 nitrogen and oxygen atoms in total. The van der Waals surface area contributed by atoms with Crippen LogP contribution < -0.4 is 20.3 Å². The van der Waals surface area contributed by atoms with Crippen molar-refractivity contribution < 1.29 is 14.3 Å². The first-order chi connectivity index (χ1) is 17.4. The van der Waals surface area contributed by atoms with Gasteiger partial charge < -0.3 is 9.47 Å². The Kier molecular flexibility index (Phi) is 6.03. The van der Waals surface area contributed by atoms with E-state index in [0.29, 0.717) is 11.8 Å². The van der Waals surface area contributed by atoms with Crippen LogP contribution >= 0.6 is 0 Å². The number of ether oxygens (including phenoxy) is 2. The van der Waals surface area contributed by atoms with Crippen LogP contribution in [0.2, 0.25) is 0 Å². The first-order valence-electron chi connectivity index (χ1n) is 13.5. The van der Waals surface area contributed by atoms with Crippen LogP contribution in [0, 0.1) is 37.5 Å². The number of hydrogen-bond acceptors (Lipinski definition) is 3. The van der Waals surface area contributed by atoms with Gasteiger partial charge in [-0.15, -0.1) is 0 Å². The molecule has 5 atom stereocenters. The summed E-state index contributed by atoms with van der Waals surface area (Å²) >= 11 is 0. The highest BCUT2D eigenvalue weighted by Gasteiger charge is 2.62. The SMILES string of the molecule is Cc1cc([SiH](c2ccccc2)c2ccccc2)cc(C)c1OCC(=O)OC1(C)C2CC3CC(C2)C1C3. The molecule has 0 saturated heterocycles. The average molecular weight is 497 g/mol. The Labute approximate surface area is 216 Å². The van der Waals surface area contributed by atoms with E-state index in [1.807, 2.05) is 0 Å². The van der Waals surface area contributed by atoms with Crippen LogP contribution in [0.3, 0.4) is 0 Å². The van der Waals surface area contributed by atoms with Gasteiger partial charge in [0.1, 0.15) is 20.1 Å². The Morgan fingerprint density at radius 2 is 1.47 bits per heavy atom. The van der Waals surface area contributed by atoms with E-state index in [0.717, 1.165) is 28.7 Å². The Morgan fingerprint density at radius 3 is 2.06 bits per heavy atom. The molecule has 186 valence electrons. The summed E-state index contributed by atoms with van der Waals surface area (Å²) in [6.07, 6.45) is 5.04. The molecule has 4 fully saturated rings. The van der Waals surface area contributed by atoms with Crippen LogP contribution in [0.4, 0.5) is 0 Å². The number of aryl methyl sites for hydroxylation is 2. The van der Waals surface area contributed by atoms with E-state index in [1.54, 1.807) is 0 Å². The van der Waals surface area contributed by atoms with Crippen molar-refractivity contribution in [3.05, 3.63) is 83.9 Å². The van der Waals surface area contributed by atoms with Crippen molar-refractivity contribution in [1.29, 1.82) is 0 Å². The highest BCUT2D eigenvalue weighted by molar-refractivity contribution is 6.95. The fourth-order valence-electron chi connectivity index (χ4n) is 7.84. The Balaban J connectivity index is 1.20. The van der Waals surface area contributed by atoms with Gasteiger partial charge in [-0.1, -0.05) is 88.4 Å². The fraction of sp³-hybridized carbons (Fsp3) is 0.406. The Hall–Kier alpha value is -2.85. The van der Waals surface area contributed by atoms with Crippen LogP contribution in [0.25, 0.3) is 0 Å². The summed E-state index contributed by atoms with van der Waals surface area (Å²) in [5, 5.41) is 4.16. The summed E-state index contributed by atoms with van der Waals surface area (Å²) in [7, 11) is -1.62. The first-order valence-corrected chi connectivity index (χ1v) is 15.2. The van der Waals surface area contributed by atoms with Gasteiger partial charge in [0, 0.05) is 5.92 Å². The molecule has 0 spiro atoms. The largest absolute Gasteiger partial charge is 0.481 e. The van der Waals surface area contributed by atoms with Gasteiger partial charge in [-0.3, -0.25) is 0 Å². The smallest absolute Gasteiger partial charge is 0.344 e. The van der Waals surface area contributed by atoms with Crippen LogP contribution in [0.5, 0.6) is 5.75 Å². The molecule has 4 bridgehead atoms. The summed E-state index contributed by atoms with van der Waals surface area (Å²) in [6.45, 7) is 6.34. The second kappa shape index (κ2) is 9.22. The van der Waals surface area contributed by atoms with Gasteiger partial charge in [0.15, 0.2) is 6.61 Å². The zero-order valence-electron chi connectivity index (χ0n) is 21.6. The lowest BCUT2D eigenvalue weighted by Gasteiger charge is -2.41. The number of esters is 1. The molecule has 0 N–H and O–H groups in total. The molecule has 3 aromatic carbocycles. The maximum Gasteiger partial charge on any atom is 0.344 e. The molecular formula is C32H36O3Si. The molecule has 0 heterocycles. The third-order valence-corrected chi connectivity index (χ3v) is 12.4. The van der Waals surface area contributed by atoms with E-state index < -0.39 is 8.80 Å². The highest BCUT2D eigenvalue weighted by atomic mass is 28.3. The van der Waals surface area contributed by atoms with Crippen LogP contribution in [-0.4, -0.2) is 27.0 Å². The molecule has 4 aliphatic carbocycles. The molecule has 4 heteroatoms. The maximum atomic E-state index is 13.0. The van der Waals surface area contributed by atoms with Gasteiger partial charge in [-0.05, 0) is 75.3 Å². The lowest BCUT2D eigenvalue weighted by atomic mass is 9.73. The summed E-state index contributed by atoms with van der Waals surface area (Å²) in [4.78, 5) is 13.0. The summed E-state index contributed by atoms with van der Waals surface area (Å²) in [5.74, 6) is 3.29. The molecule has 4 saturated carbocycles. The second-order valence-electron chi connectivity index (χ2n) is 11.6. The normalized spacial score (nSPS) is 28.0. The molecule has 0 aliphatic heterocycles. The van der Waals surface area contributed by atoms with Crippen molar-refractivity contribution in [3.8, 4) is 5.75 Å². The van der Waals surface area contributed by atoms with Crippen molar-refractivity contribution in [1.82, 2.24) is 0 Å². The maximum absolute atomic E-state index is 13.0. The van der Waals surface area contributed by atoms with E-state index in [4.69, 9.17) is 9.47 Å². The van der Waals surface area contributed by atoms with Crippen molar-refractivity contribution >= 4 is 30.3 Å². The van der Waals surface area contributed by atoms with Gasteiger partial charge in [0.25, 0.3) is 0 Å². The van der Waals surface area contributed by atoms with Crippen molar-refractivity contribution in [2.45, 2.75) is 52.1 Å². The molecule has 3 aromatic rings. The van der Waals surface area contributed by atoms with Gasteiger partial charge in [0.2, 0.25) is 0 Å². The average Bonchev–Trinajstić information content (AvgIpc) is 3.26. The zero-order valence-corrected chi connectivity index (χ0v) is 22.7. The molecule has 0 amide bonds. The number of carbonyl (C=O) groups is 1. The van der Waals surface area contributed by atoms with Gasteiger partial charge in [0.05, 0.1) is 0 Å². The van der Waals surface area contributed by atoms with Crippen molar-refractivity contribution in [2.24, 2.45) is 23.7 Å². The quantitative estimate of drug-likeness (QED) is 0.278. The Morgan fingerprint density at radius 1 is 0.861 bits per heavy atom. The number of benzene rings is 3. The van der Waals surface area contributed by atoms with E-state index in [-0.39, 0.29) is 18.2 Å². The topological polar surface area (TPSA) is 35.5 Å². The van der Waals surface area contributed by atoms with E-state index in [2.05, 4.69) is 93.6 Å². The number of hydrogen-bond donors (Lipinski definition) is 0. The predicted octanol–water partition coefficient (Wildman–Crippen LogP) is 4.30. The van der Waals surface area contributed by atoms with Crippen LogP contribution in [0.1, 0.15) is 43.7 Å². The third kappa shape index (κ3) is 4.09. The molecule has 0 aromatic heterocycles. The van der Waals surface area contributed by atoms with E-state index >= 15 is 0 Å². The van der Waals surface area contributed by atoms with Crippen LogP contribution in [0.15, 0.2) is 72.8 Å². The fourth-order valence-corrected chi connectivity index (χ4v) is 11.0. The first kappa shape index (κ1) is 23.5. The highest BCUT2D eigenvalue weighted by Crippen LogP contribution is 2.63. The minimum atomic E-state index is -1.62. The van der Waals surface area contributed by atoms with Gasteiger partial charge in [-0.25, -0.2) is 4.79 Å². The number of rotatable bonds is 7. The number of carbonyl (C=O) groups excluding carboxylic acids is 1. The molecular weight excluding hydrogens is 460 g/mol. The van der Waals surface area contributed by atoms with Gasteiger partial charge >= 0.3 is 5.97 Å². The molecule has 4 aliphatic rings. The van der Waals surface area contributed by atoms with Crippen molar-refractivity contribution in [3.63, 3.8) is 0 Å². The lowest BCUT2D eigenvalue weighted by Crippen LogP contribution is -2.52. The molecule has 7 rings (SSSR count). The van der Waals surface area contributed by atoms with E-state index in [9.17, 15) is 4.79 Å². The van der Waals surface area contributed by atoms with E-state index in [1.165, 1.54) is 41.2 Å². The summed E-state index contributed by atoms with van der Waals surface area (Å²) in [5.41, 5.74) is 1.86. The monoisotopic (exact) mass is 496 g/mol. The Bertz CT molecular complexity index is 1190. The molecule has 0 radical (unpaired) electrons. The summed E-state index contributed by atoms with van der Waals surface area (Å²) in [6, 6.07) is 26.2. The minimum absolute atomic E-state index is 0.0254. The molecule has 36 heavy (non-hydrogen) atoms. The summed E-state index contributed by atoms with van der Waals surface area (Å²) < 4.78 is 12.3. The van der Waals surface area contributed by atoms with Crippen LogP contribution in [-0.2, 0) is 9.53 Å². The minimum Gasteiger partial charge on any atom is -0.481 e. The second-order valence-corrected chi connectivity index (χ2v) is 14.4. The van der Waals surface area contributed by atoms with Gasteiger partial charge in [-0.2, -0.15) is 0 Å². The third-order valence-electron chi connectivity index (χ3n) is 9.29.